The van der Waals surface area contributed by atoms with Crippen molar-refractivity contribution in [2.45, 2.75) is 0 Å². The molecule has 3 aromatic carbocycles. The second kappa shape index (κ2) is 7.48. The fourth-order valence-corrected chi connectivity index (χ4v) is 3.85. The van der Waals surface area contributed by atoms with Crippen molar-refractivity contribution in [3.05, 3.63) is 85.1 Å². The monoisotopic (exact) mass is 395 g/mol. The molecule has 0 atom stereocenters. The highest BCUT2D eigenvalue weighted by atomic mass is 16.5. The standard InChI is InChI=1S/C26H21NO3/c1-28-19-9-5-17(6-10-19)21-13-14-23-22(16-24(27-23)25-4-3-15-30-25)26(21)18-7-11-20(29-2)12-8-18/h3-16,27H,1-2H3. The fraction of sp³-hybridized carbons (Fsp3) is 0.0769. The lowest BCUT2D eigenvalue weighted by molar-refractivity contribution is 0.414. The Kier molecular flexibility index (Phi) is 4.52. The van der Waals surface area contributed by atoms with Crippen molar-refractivity contribution in [1.29, 1.82) is 0 Å². The molecule has 0 unspecified atom stereocenters. The number of benzene rings is 3. The molecule has 148 valence electrons. The third kappa shape index (κ3) is 3.12. The minimum atomic E-state index is 0.817. The number of nitrogens with one attached hydrogen (secondary N) is 1. The molecule has 30 heavy (non-hydrogen) atoms. The molecule has 0 aliphatic heterocycles. The van der Waals surface area contributed by atoms with Crippen molar-refractivity contribution in [3.63, 3.8) is 0 Å². The third-order valence-corrected chi connectivity index (χ3v) is 5.37. The van der Waals surface area contributed by atoms with Crippen LogP contribution in [0, 0.1) is 0 Å². The molecule has 4 heteroatoms. The maximum absolute atomic E-state index is 5.60. The van der Waals surface area contributed by atoms with Gasteiger partial charge in [0.15, 0.2) is 0 Å². The lowest BCUT2D eigenvalue weighted by atomic mass is 9.91. The van der Waals surface area contributed by atoms with E-state index in [0.717, 1.165) is 56.1 Å². The van der Waals surface area contributed by atoms with E-state index in [1.807, 2.05) is 36.4 Å². The number of hydrogen-bond donors (Lipinski definition) is 1. The number of rotatable bonds is 5. The van der Waals surface area contributed by atoms with Gasteiger partial charge in [-0.1, -0.05) is 30.3 Å². The average Bonchev–Trinajstić information content (AvgIpc) is 3.48. The minimum Gasteiger partial charge on any atom is -0.497 e. The van der Waals surface area contributed by atoms with E-state index < -0.39 is 0 Å². The van der Waals surface area contributed by atoms with E-state index in [1.165, 1.54) is 0 Å². The Morgan fingerprint density at radius 1 is 0.733 bits per heavy atom. The van der Waals surface area contributed by atoms with Gasteiger partial charge in [0.2, 0.25) is 0 Å². The van der Waals surface area contributed by atoms with Gasteiger partial charge in [-0.15, -0.1) is 0 Å². The second-order valence-electron chi connectivity index (χ2n) is 7.07. The van der Waals surface area contributed by atoms with Gasteiger partial charge in [-0.05, 0) is 70.8 Å². The van der Waals surface area contributed by atoms with Gasteiger partial charge in [-0.3, -0.25) is 0 Å². The molecule has 2 heterocycles. The van der Waals surface area contributed by atoms with Gasteiger partial charge in [0.05, 0.1) is 26.2 Å². The third-order valence-electron chi connectivity index (χ3n) is 5.37. The highest BCUT2D eigenvalue weighted by Crippen LogP contribution is 2.40. The molecular weight excluding hydrogens is 374 g/mol. The van der Waals surface area contributed by atoms with Crippen LogP contribution in [0.5, 0.6) is 11.5 Å². The number of aromatic amines is 1. The summed E-state index contributed by atoms with van der Waals surface area (Å²) in [6.07, 6.45) is 1.69. The molecule has 0 saturated heterocycles. The summed E-state index contributed by atoms with van der Waals surface area (Å²) in [7, 11) is 3.36. The summed E-state index contributed by atoms with van der Waals surface area (Å²) in [5.74, 6) is 2.49. The normalized spacial score (nSPS) is 11.0. The van der Waals surface area contributed by atoms with Crippen LogP contribution in [0.15, 0.2) is 89.5 Å². The van der Waals surface area contributed by atoms with Gasteiger partial charge in [-0.25, -0.2) is 0 Å². The summed E-state index contributed by atoms with van der Waals surface area (Å²) in [4.78, 5) is 3.49. The molecular formula is C26H21NO3. The van der Waals surface area contributed by atoms with Crippen LogP contribution in [0.1, 0.15) is 0 Å². The summed E-state index contributed by atoms with van der Waals surface area (Å²) in [5, 5.41) is 1.14. The van der Waals surface area contributed by atoms with Gasteiger partial charge < -0.3 is 18.9 Å². The molecule has 1 N–H and O–H groups in total. The number of H-pyrrole nitrogens is 1. The van der Waals surface area contributed by atoms with Crippen molar-refractivity contribution in [1.82, 2.24) is 4.98 Å². The number of hydrogen-bond acceptors (Lipinski definition) is 3. The van der Waals surface area contributed by atoms with E-state index in [-0.39, 0.29) is 0 Å². The average molecular weight is 395 g/mol. The van der Waals surface area contributed by atoms with Gasteiger partial charge >= 0.3 is 0 Å². The molecule has 2 aromatic heterocycles. The van der Waals surface area contributed by atoms with Crippen LogP contribution in [0.2, 0.25) is 0 Å². The van der Waals surface area contributed by atoms with Gasteiger partial charge in [0, 0.05) is 10.9 Å². The van der Waals surface area contributed by atoms with Crippen LogP contribution in [-0.2, 0) is 0 Å². The summed E-state index contributed by atoms with van der Waals surface area (Å²) in [6.45, 7) is 0. The highest BCUT2D eigenvalue weighted by Gasteiger charge is 2.16. The molecule has 0 saturated carbocycles. The number of ether oxygens (including phenoxy) is 2. The smallest absolute Gasteiger partial charge is 0.150 e. The highest BCUT2D eigenvalue weighted by molar-refractivity contribution is 6.04. The molecule has 5 aromatic rings. The van der Waals surface area contributed by atoms with E-state index in [2.05, 4.69) is 47.4 Å². The first-order valence-corrected chi connectivity index (χ1v) is 9.75. The van der Waals surface area contributed by atoms with Gasteiger partial charge in [-0.2, -0.15) is 0 Å². The summed E-state index contributed by atoms with van der Waals surface area (Å²) in [5.41, 5.74) is 6.58. The molecule has 0 amide bonds. The molecule has 0 bridgehead atoms. The predicted molar refractivity (Wildman–Crippen MR) is 120 cm³/mol. The lowest BCUT2D eigenvalue weighted by Gasteiger charge is -2.13. The Morgan fingerprint density at radius 2 is 1.40 bits per heavy atom. The molecule has 0 aliphatic carbocycles. The quantitative estimate of drug-likeness (QED) is 0.357. The Hall–Kier alpha value is -3.92. The van der Waals surface area contributed by atoms with Crippen LogP contribution in [0.25, 0.3) is 44.6 Å². The SMILES string of the molecule is COc1ccc(-c2ccc3[nH]c(-c4ccco4)cc3c2-c2ccc(OC)cc2)cc1. The molecule has 0 spiro atoms. The van der Waals surface area contributed by atoms with Gasteiger partial charge in [0.1, 0.15) is 17.3 Å². The topological polar surface area (TPSA) is 47.4 Å². The van der Waals surface area contributed by atoms with Crippen LogP contribution >= 0.6 is 0 Å². The van der Waals surface area contributed by atoms with Crippen LogP contribution in [-0.4, -0.2) is 19.2 Å². The summed E-state index contributed by atoms with van der Waals surface area (Å²) < 4.78 is 16.3. The van der Waals surface area contributed by atoms with Crippen molar-refractivity contribution >= 4 is 10.9 Å². The maximum atomic E-state index is 5.60. The second-order valence-corrected chi connectivity index (χ2v) is 7.07. The Balaban J connectivity index is 1.75. The first-order valence-electron chi connectivity index (χ1n) is 9.75. The molecule has 5 rings (SSSR count). The zero-order valence-corrected chi connectivity index (χ0v) is 16.8. The summed E-state index contributed by atoms with van der Waals surface area (Å²) in [6, 6.07) is 26.6. The van der Waals surface area contributed by atoms with Crippen molar-refractivity contribution in [2.75, 3.05) is 14.2 Å². The van der Waals surface area contributed by atoms with Gasteiger partial charge in [0.25, 0.3) is 0 Å². The van der Waals surface area contributed by atoms with E-state index in [1.54, 1.807) is 20.5 Å². The Bertz CT molecular complexity index is 1280. The van der Waals surface area contributed by atoms with Crippen molar-refractivity contribution < 1.29 is 13.9 Å². The summed E-state index contributed by atoms with van der Waals surface area (Å²) >= 11 is 0. The first kappa shape index (κ1) is 18.1. The van der Waals surface area contributed by atoms with Crippen molar-refractivity contribution in [3.8, 4) is 45.2 Å². The molecule has 0 radical (unpaired) electrons. The minimum absolute atomic E-state index is 0.817. The molecule has 4 nitrogen and oxygen atoms in total. The first-order chi connectivity index (χ1) is 14.8. The largest absolute Gasteiger partial charge is 0.497 e. The van der Waals surface area contributed by atoms with E-state index >= 15 is 0 Å². The number of aromatic nitrogens is 1. The van der Waals surface area contributed by atoms with Crippen LogP contribution in [0.3, 0.4) is 0 Å². The molecule has 0 fully saturated rings. The van der Waals surface area contributed by atoms with Crippen LogP contribution < -0.4 is 9.47 Å². The fourth-order valence-electron chi connectivity index (χ4n) is 3.85. The van der Waals surface area contributed by atoms with E-state index in [0.29, 0.717) is 0 Å². The van der Waals surface area contributed by atoms with E-state index in [4.69, 9.17) is 13.9 Å². The number of furan rings is 1. The van der Waals surface area contributed by atoms with Crippen molar-refractivity contribution in [2.24, 2.45) is 0 Å². The lowest BCUT2D eigenvalue weighted by Crippen LogP contribution is -1.89. The maximum Gasteiger partial charge on any atom is 0.150 e. The number of fused-ring (bicyclic) bond motifs is 1. The molecule has 0 aliphatic rings. The Morgan fingerprint density at radius 3 is 2.00 bits per heavy atom. The van der Waals surface area contributed by atoms with E-state index in [9.17, 15) is 0 Å². The zero-order chi connectivity index (χ0) is 20.5. The van der Waals surface area contributed by atoms with Crippen LogP contribution in [0.4, 0.5) is 0 Å². The Labute approximate surface area is 174 Å². The zero-order valence-electron chi connectivity index (χ0n) is 16.8. The predicted octanol–water partition coefficient (Wildman–Crippen LogP) is 6.78. The number of methoxy groups -OCH3 is 2.